The van der Waals surface area contributed by atoms with Crippen molar-refractivity contribution in [2.75, 3.05) is 11.9 Å². The van der Waals surface area contributed by atoms with Gasteiger partial charge in [-0.05, 0) is 23.8 Å². The third-order valence-corrected chi connectivity index (χ3v) is 3.36. The summed E-state index contributed by atoms with van der Waals surface area (Å²) in [7, 11) is 1.77. The minimum absolute atomic E-state index is 0.0762. The van der Waals surface area contributed by atoms with E-state index in [9.17, 15) is 9.59 Å². The number of hydrogen-bond donors (Lipinski definition) is 0. The fraction of sp³-hybridized carbons (Fsp3) is 0.200. The lowest BCUT2D eigenvalue weighted by Gasteiger charge is -2.34. The molecule has 102 valence electrons. The average molecular weight is 270 g/mol. The zero-order valence-corrected chi connectivity index (χ0v) is 11.1. The van der Waals surface area contributed by atoms with E-state index in [1.807, 2.05) is 24.3 Å². The Morgan fingerprint density at radius 2 is 2.05 bits per heavy atom. The van der Waals surface area contributed by atoms with Gasteiger partial charge in [0.25, 0.3) is 0 Å². The number of fused-ring (bicyclic) bond motifs is 1. The Bertz CT molecular complexity index is 663. The molecule has 5 nitrogen and oxygen atoms in total. The molecule has 1 aliphatic heterocycles. The predicted octanol–water partition coefficient (Wildman–Crippen LogP) is 2.66. The van der Waals surface area contributed by atoms with E-state index in [-0.39, 0.29) is 11.8 Å². The second-order valence-corrected chi connectivity index (χ2v) is 4.78. The zero-order valence-electron chi connectivity index (χ0n) is 11.1. The van der Waals surface area contributed by atoms with Crippen molar-refractivity contribution in [1.29, 1.82) is 0 Å². The van der Waals surface area contributed by atoms with Crippen molar-refractivity contribution in [3.05, 3.63) is 53.5 Å². The summed E-state index contributed by atoms with van der Waals surface area (Å²) < 4.78 is 5.35. The van der Waals surface area contributed by atoms with Crippen LogP contribution in [0.2, 0.25) is 0 Å². The SMILES string of the molecule is CN1Cc2ccccc2N(Cc2ccc(C=O)o2)C1=O. The lowest BCUT2D eigenvalue weighted by molar-refractivity contribution is 0.109. The van der Waals surface area contributed by atoms with Crippen LogP contribution in [0, 0.1) is 0 Å². The Kier molecular flexibility index (Phi) is 3.02. The maximum atomic E-state index is 12.3. The molecule has 3 rings (SSSR count). The molecule has 2 amide bonds. The Hall–Kier alpha value is -2.56. The van der Waals surface area contributed by atoms with Gasteiger partial charge in [0, 0.05) is 13.6 Å². The second kappa shape index (κ2) is 4.85. The van der Waals surface area contributed by atoms with Crippen LogP contribution in [0.5, 0.6) is 0 Å². The van der Waals surface area contributed by atoms with Crippen LogP contribution >= 0.6 is 0 Å². The Morgan fingerprint density at radius 3 is 2.80 bits per heavy atom. The third kappa shape index (κ3) is 2.07. The highest BCUT2D eigenvalue weighted by molar-refractivity contribution is 5.94. The number of hydrogen-bond acceptors (Lipinski definition) is 3. The first-order chi connectivity index (χ1) is 9.69. The largest absolute Gasteiger partial charge is 0.456 e. The molecule has 1 aromatic carbocycles. The van der Waals surface area contributed by atoms with E-state index < -0.39 is 0 Å². The summed E-state index contributed by atoms with van der Waals surface area (Å²) in [5, 5.41) is 0. The van der Waals surface area contributed by atoms with Gasteiger partial charge >= 0.3 is 6.03 Å². The fourth-order valence-electron chi connectivity index (χ4n) is 2.39. The Balaban J connectivity index is 1.94. The van der Waals surface area contributed by atoms with Gasteiger partial charge in [-0.15, -0.1) is 0 Å². The van der Waals surface area contributed by atoms with Gasteiger partial charge in [0.05, 0.1) is 12.2 Å². The van der Waals surface area contributed by atoms with Crippen LogP contribution in [0.1, 0.15) is 21.9 Å². The van der Waals surface area contributed by atoms with E-state index in [1.54, 1.807) is 29.0 Å². The summed E-state index contributed by atoms with van der Waals surface area (Å²) in [6.07, 6.45) is 0.654. The van der Waals surface area contributed by atoms with E-state index in [0.717, 1.165) is 11.3 Å². The van der Waals surface area contributed by atoms with E-state index in [2.05, 4.69) is 0 Å². The van der Waals surface area contributed by atoms with Gasteiger partial charge in [-0.2, -0.15) is 0 Å². The average Bonchev–Trinajstić information content (AvgIpc) is 2.91. The molecule has 0 bridgehead atoms. The van der Waals surface area contributed by atoms with Crippen molar-refractivity contribution in [3.63, 3.8) is 0 Å². The van der Waals surface area contributed by atoms with E-state index in [0.29, 0.717) is 25.1 Å². The van der Waals surface area contributed by atoms with Gasteiger partial charge < -0.3 is 9.32 Å². The van der Waals surface area contributed by atoms with Crippen LogP contribution in [0.4, 0.5) is 10.5 Å². The monoisotopic (exact) mass is 270 g/mol. The number of nitrogens with zero attached hydrogens (tertiary/aromatic N) is 2. The number of carbonyl (C=O) groups excluding carboxylic acids is 2. The fourth-order valence-corrected chi connectivity index (χ4v) is 2.39. The van der Waals surface area contributed by atoms with Crippen LogP contribution in [0.25, 0.3) is 0 Å². The summed E-state index contributed by atoms with van der Waals surface area (Å²) in [6, 6.07) is 11.0. The highest BCUT2D eigenvalue weighted by Gasteiger charge is 2.28. The standard InChI is InChI=1S/C15H14N2O3/c1-16-8-11-4-2-3-5-14(11)17(15(16)19)9-12-6-7-13(10-18)20-12/h2-7,10H,8-9H2,1H3. The first-order valence-electron chi connectivity index (χ1n) is 6.33. The molecule has 0 fully saturated rings. The molecule has 0 N–H and O–H groups in total. The van der Waals surface area contributed by atoms with Crippen molar-refractivity contribution in [3.8, 4) is 0 Å². The number of rotatable bonds is 3. The molecule has 0 atom stereocenters. The minimum Gasteiger partial charge on any atom is -0.456 e. The van der Waals surface area contributed by atoms with Gasteiger partial charge in [0.15, 0.2) is 12.0 Å². The smallest absolute Gasteiger partial charge is 0.324 e. The van der Waals surface area contributed by atoms with Gasteiger partial charge in [-0.3, -0.25) is 9.69 Å². The molecule has 0 saturated carbocycles. The molecule has 2 heterocycles. The summed E-state index contributed by atoms with van der Waals surface area (Å²) in [6.45, 7) is 0.914. The number of amides is 2. The number of urea groups is 1. The number of para-hydroxylation sites is 1. The van der Waals surface area contributed by atoms with E-state index >= 15 is 0 Å². The van der Waals surface area contributed by atoms with Crippen LogP contribution in [-0.4, -0.2) is 24.3 Å². The molecule has 2 aromatic rings. The topological polar surface area (TPSA) is 53.8 Å². The highest BCUT2D eigenvalue weighted by Crippen LogP contribution is 2.29. The van der Waals surface area contributed by atoms with Crippen molar-refractivity contribution < 1.29 is 14.0 Å². The molecule has 0 aliphatic carbocycles. The molecule has 20 heavy (non-hydrogen) atoms. The number of furan rings is 1. The van der Waals surface area contributed by atoms with Crippen molar-refractivity contribution >= 4 is 18.0 Å². The Morgan fingerprint density at radius 1 is 1.25 bits per heavy atom. The van der Waals surface area contributed by atoms with E-state index in [4.69, 9.17) is 4.42 Å². The third-order valence-electron chi connectivity index (χ3n) is 3.36. The first kappa shape index (κ1) is 12.5. The summed E-state index contributed by atoms with van der Waals surface area (Å²) >= 11 is 0. The quantitative estimate of drug-likeness (QED) is 0.806. The number of benzene rings is 1. The normalized spacial score (nSPS) is 14.3. The minimum atomic E-state index is -0.0762. The lowest BCUT2D eigenvalue weighted by Crippen LogP contribution is -2.44. The molecule has 1 aromatic heterocycles. The number of anilines is 1. The maximum absolute atomic E-state index is 12.3. The van der Waals surface area contributed by atoms with E-state index in [1.165, 1.54) is 0 Å². The summed E-state index contributed by atoms with van der Waals surface area (Å²) in [5.41, 5.74) is 1.98. The van der Waals surface area contributed by atoms with Crippen LogP contribution in [0.3, 0.4) is 0 Å². The van der Waals surface area contributed by atoms with Crippen LogP contribution in [0.15, 0.2) is 40.8 Å². The van der Waals surface area contributed by atoms with Crippen molar-refractivity contribution in [2.24, 2.45) is 0 Å². The van der Waals surface area contributed by atoms with Gasteiger partial charge in [0.1, 0.15) is 5.76 Å². The molecule has 0 unspecified atom stereocenters. The van der Waals surface area contributed by atoms with Gasteiger partial charge in [-0.25, -0.2) is 4.79 Å². The molecule has 0 spiro atoms. The Labute approximate surface area is 116 Å². The van der Waals surface area contributed by atoms with Gasteiger partial charge in [-0.1, -0.05) is 18.2 Å². The molecule has 0 radical (unpaired) electrons. The maximum Gasteiger partial charge on any atom is 0.324 e. The molecular weight excluding hydrogens is 256 g/mol. The second-order valence-electron chi connectivity index (χ2n) is 4.78. The van der Waals surface area contributed by atoms with Crippen molar-refractivity contribution in [2.45, 2.75) is 13.1 Å². The predicted molar refractivity (Wildman–Crippen MR) is 73.6 cm³/mol. The summed E-state index contributed by atoms with van der Waals surface area (Å²) in [5.74, 6) is 0.858. The van der Waals surface area contributed by atoms with Gasteiger partial charge in [0.2, 0.25) is 0 Å². The van der Waals surface area contributed by atoms with Crippen LogP contribution < -0.4 is 4.90 Å². The first-order valence-corrected chi connectivity index (χ1v) is 6.33. The molecular formula is C15H14N2O3. The number of carbonyl (C=O) groups is 2. The lowest BCUT2D eigenvalue weighted by atomic mass is 10.1. The zero-order chi connectivity index (χ0) is 14.1. The molecule has 5 heteroatoms. The summed E-state index contributed by atoms with van der Waals surface area (Å²) in [4.78, 5) is 26.3. The van der Waals surface area contributed by atoms with Crippen LogP contribution in [-0.2, 0) is 13.1 Å². The van der Waals surface area contributed by atoms with Crippen molar-refractivity contribution in [1.82, 2.24) is 4.90 Å². The molecule has 1 aliphatic rings. The highest BCUT2D eigenvalue weighted by atomic mass is 16.3. The number of aldehydes is 1. The molecule has 0 saturated heterocycles.